The van der Waals surface area contributed by atoms with Crippen LogP contribution in [0.25, 0.3) is 0 Å². The fraction of sp³-hybridized carbons (Fsp3) is 0.778. The van der Waals surface area contributed by atoms with E-state index in [9.17, 15) is 5.11 Å². The highest BCUT2D eigenvalue weighted by atomic mass is 16.3. The van der Waals surface area contributed by atoms with E-state index in [0.29, 0.717) is 11.8 Å². The Morgan fingerprint density at radius 3 is 2.70 bits per heavy atom. The number of aliphatic hydroxyl groups is 1. The van der Waals surface area contributed by atoms with E-state index in [2.05, 4.69) is 13.5 Å². The standard InChI is InChI=1S/C9H16O/c1-3-8-5-4-7(2)9(10)6-8/h3,7-10H,1,4-6H2,2H3. The van der Waals surface area contributed by atoms with Crippen LogP contribution in [0.3, 0.4) is 0 Å². The number of aliphatic hydroxyl groups excluding tert-OH is 1. The molecule has 1 heteroatoms. The quantitative estimate of drug-likeness (QED) is 0.552. The second kappa shape index (κ2) is 3.20. The van der Waals surface area contributed by atoms with Crippen LogP contribution >= 0.6 is 0 Å². The van der Waals surface area contributed by atoms with Gasteiger partial charge in [0.25, 0.3) is 0 Å². The van der Waals surface area contributed by atoms with Crippen LogP contribution in [0.4, 0.5) is 0 Å². The zero-order chi connectivity index (χ0) is 7.56. The van der Waals surface area contributed by atoms with Gasteiger partial charge >= 0.3 is 0 Å². The number of allylic oxidation sites excluding steroid dienone is 1. The number of hydrogen-bond acceptors (Lipinski definition) is 1. The monoisotopic (exact) mass is 140 g/mol. The summed E-state index contributed by atoms with van der Waals surface area (Å²) in [6, 6.07) is 0. The highest BCUT2D eigenvalue weighted by molar-refractivity contribution is 4.86. The Labute approximate surface area is 62.8 Å². The highest BCUT2D eigenvalue weighted by Gasteiger charge is 2.23. The molecule has 1 aliphatic carbocycles. The first kappa shape index (κ1) is 7.80. The van der Waals surface area contributed by atoms with E-state index in [1.807, 2.05) is 6.08 Å². The Hall–Kier alpha value is -0.300. The molecule has 1 fully saturated rings. The zero-order valence-electron chi connectivity index (χ0n) is 6.59. The smallest absolute Gasteiger partial charge is 0.0571 e. The van der Waals surface area contributed by atoms with Gasteiger partial charge in [0.05, 0.1) is 6.10 Å². The molecule has 0 heterocycles. The molecule has 3 atom stereocenters. The SMILES string of the molecule is C=CC1CCC(C)C(O)C1. The van der Waals surface area contributed by atoms with Gasteiger partial charge in [-0.1, -0.05) is 13.0 Å². The predicted octanol–water partition coefficient (Wildman–Crippen LogP) is 1.97. The minimum Gasteiger partial charge on any atom is -0.393 e. The third-order valence-corrected chi connectivity index (χ3v) is 2.53. The van der Waals surface area contributed by atoms with Gasteiger partial charge in [0.15, 0.2) is 0 Å². The molecule has 0 aromatic carbocycles. The largest absolute Gasteiger partial charge is 0.393 e. The van der Waals surface area contributed by atoms with Gasteiger partial charge in [0.2, 0.25) is 0 Å². The van der Waals surface area contributed by atoms with E-state index in [0.717, 1.165) is 12.8 Å². The van der Waals surface area contributed by atoms with Gasteiger partial charge in [-0.15, -0.1) is 6.58 Å². The molecule has 0 spiro atoms. The molecule has 0 aromatic rings. The first-order chi connectivity index (χ1) is 4.74. The maximum Gasteiger partial charge on any atom is 0.0571 e. The van der Waals surface area contributed by atoms with Crippen LogP contribution in [-0.2, 0) is 0 Å². The minimum atomic E-state index is -0.0863. The summed E-state index contributed by atoms with van der Waals surface area (Å²) in [5.41, 5.74) is 0. The van der Waals surface area contributed by atoms with Crippen molar-refractivity contribution >= 4 is 0 Å². The van der Waals surface area contributed by atoms with E-state index in [4.69, 9.17) is 0 Å². The molecule has 1 rings (SSSR count). The lowest BCUT2D eigenvalue weighted by atomic mass is 9.81. The van der Waals surface area contributed by atoms with Gasteiger partial charge in [-0.3, -0.25) is 0 Å². The lowest BCUT2D eigenvalue weighted by Crippen LogP contribution is -2.26. The van der Waals surface area contributed by atoms with E-state index >= 15 is 0 Å². The molecule has 10 heavy (non-hydrogen) atoms. The van der Waals surface area contributed by atoms with E-state index < -0.39 is 0 Å². The van der Waals surface area contributed by atoms with Crippen LogP contribution in [0.5, 0.6) is 0 Å². The van der Waals surface area contributed by atoms with E-state index in [1.165, 1.54) is 6.42 Å². The summed E-state index contributed by atoms with van der Waals surface area (Å²) in [6.07, 6.45) is 5.16. The molecule has 58 valence electrons. The molecule has 1 aliphatic rings. The van der Waals surface area contributed by atoms with Gasteiger partial charge in [-0.25, -0.2) is 0 Å². The van der Waals surface area contributed by atoms with Crippen molar-refractivity contribution in [2.24, 2.45) is 11.8 Å². The molecule has 0 radical (unpaired) electrons. The van der Waals surface area contributed by atoms with Crippen LogP contribution in [0.1, 0.15) is 26.2 Å². The Morgan fingerprint density at radius 1 is 1.50 bits per heavy atom. The Morgan fingerprint density at radius 2 is 2.20 bits per heavy atom. The van der Waals surface area contributed by atoms with E-state index in [1.54, 1.807) is 0 Å². The fourth-order valence-corrected chi connectivity index (χ4v) is 1.54. The fourth-order valence-electron chi connectivity index (χ4n) is 1.54. The van der Waals surface area contributed by atoms with Gasteiger partial charge in [0.1, 0.15) is 0 Å². The Bertz CT molecular complexity index is 120. The summed E-state index contributed by atoms with van der Waals surface area (Å²) in [5.74, 6) is 1.06. The number of hydrogen-bond donors (Lipinski definition) is 1. The molecule has 0 aromatic heterocycles. The van der Waals surface area contributed by atoms with Gasteiger partial charge in [0, 0.05) is 0 Å². The topological polar surface area (TPSA) is 20.2 Å². The van der Waals surface area contributed by atoms with Crippen LogP contribution in [0.15, 0.2) is 12.7 Å². The van der Waals surface area contributed by atoms with Crippen LogP contribution in [0, 0.1) is 11.8 Å². The summed E-state index contributed by atoms with van der Waals surface area (Å²) in [6.45, 7) is 5.85. The maximum absolute atomic E-state index is 9.43. The third-order valence-electron chi connectivity index (χ3n) is 2.53. The first-order valence-electron chi connectivity index (χ1n) is 4.04. The normalized spacial score (nSPS) is 41.2. The lowest BCUT2D eigenvalue weighted by Gasteiger charge is -2.28. The molecule has 1 saturated carbocycles. The number of rotatable bonds is 1. The minimum absolute atomic E-state index is 0.0863. The molecule has 1 N–H and O–H groups in total. The maximum atomic E-state index is 9.43. The molecule has 0 aliphatic heterocycles. The lowest BCUT2D eigenvalue weighted by molar-refractivity contribution is 0.0638. The second-order valence-corrected chi connectivity index (χ2v) is 3.35. The summed E-state index contributed by atoms with van der Waals surface area (Å²) >= 11 is 0. The van der Waals surface area contributed by atoms with Gasteiger partial charge in [-0.05, 0) is 31.1 Å². The zero-order valence-corrected chi connectivity index (χ0v) is 6.59. The second-order valence-electron chi connectivity index (χ2n) is 3.35. The van der Waals surface area contributed by atoms with E-state index in [-0.39, 0.29) is 6.10 Å². The van der Waals surface area contributed by atoms with Crippen molar-refractivity contribution in [2.75, 3.05) is 0 Å². The van der Waals surface area contributed by atoms with Crippen molar-refractivity contribution in [1.82, 2.24) is 0 Å². The van der Waals surface area contributed by atoms with Crippen LogP contribution < -0.4 is 0 Å². The molecular weight excluding hydrogens is 124 g/mol. The van der Waals surface area contributed by atoms with Crippen molar-refractivity contribution in [3.05, 3.63) is 12.7 Å². The first-order valence-corrected chi connectivity index (χ1v) is 4.04. The molecule has 0 bridgehead atoms. The van der Waals surface area contributed by atoms with Crippen molar-refractivity contribution < 1.29 is 5.11 Å². The summed E-state index contributed by atoms with van der Waals surface area (Å²) in [4.78, 5) is 0. The predicted molar refractivity (Wildman–Crippen MR) is 42.7 cm³/mol. The van der Waals surface area contributed by atoms with Crippen molar-refractivity contribution in [1.29, 1.82) is 0 Å². The highest BCUT2D eigenvalue weighted by Crippen LogP contribution is 2.28. The molecular formula is C9H16O. The average molecular weight is 140 g/mol. The van der Waals surface area contributed by atoms with Crippen LogP contribution in [0.2, 0.25) is 0 Å². The van der Waals surface area contributed by atoms with Crippen molar-refractivity contribution in [2.45, 2.75) is 32.3 Å². The van der Waals surface area contributed by atoms with Crippen molar-refractivity contribution in [3.8, 4) is 0 Å². The molecule has 3 unspecified atom stereocenters. The Kier molecular flexibility index (Phi) is 2.50. The molecule has 0 amide bonds. The third kappa shape index (κ3) is 1.60. The summed E-state index contributed by atoms with van der Waals surface area (Å²) < 4.78 is 0. The Balaban J connectivity index is 2.40. The van der Waals surface area contributed by atoms with Crippen molar-refractivity contribution in [3.63, 3.8) is 0 Å². The summed E-state index contributed by atoms with van der Waals surface area (Å²) in [7, 11) is 0. The molecule has 0 saturated heterocycles. The van der Waals surface area contributed by atoms with Gasteiger partial charge < -0.3 is 5.11 Å². The summed E-state index contributed by atoms with van der Waals surface area (Å²) in [5, 5.41) is 9.43. The van der Waals surface area contributed by atoms with Gasteiger partial charge in [-0.2, -0.15) is 0 Å². The average Bonchev–Trinajstić information content (AvgIpc) is 1.95. The molecule has 1 nitrogen and oxygen atoms in total. The van der Waals surface area contributed by atoms with Crippen LogP contribution in [-0.4, -0.2) is 11.2 Å².